The monoisotopic (exact) mass is 373 g/mol. The normalized spacial score (nSPS) is 15.7. The molecule has 144 valence electrons. The Morgan fingerprint density at radius 3 is 2.37 bits per heavy atom. The van der Waals surface area contributed by atoms with Gasteiger partial charge in [0.1, 0.15) is 11.9 Å². The van der Waals surface area contributed by atoms with Gasteiger partial charge in [-0.1, -0.05) is 26.0 Å². The molecule has 0 radical (unpaired) electrons. The van der Waals surface area contributed by atoms with Crippen molar-refractivity contribution in [2.45, 2.75) is 19.9 Å². The zero-order chi connectivity index (χ0) is 19.4. The number of rotatable bonds is 5. The minimum Gasteiger partial charge on any atom is -0.459 e. The van der Waals surface area contributed by atoms with Gasteiger partial charge < -0.3 is 19.5 Å². The van der Waals surface area contributed by atoms with E-state index in [0.717, 1.165) is 0 Å². The zero-order valence-corrected chi connectivity index (χ0v) is 15.5. The summed E-state index contributed by atoms with van der Waals surface area (Å²) in [4.78, 5) is 28.9. The molecule has 1 aliphatic heterocycles. The highest BCUT2D eigenvalue weighted by Crippen LogP contribution is 2.21. The number of nitrogens with zero attached hydrogens (tertiary/aromatic N) is 2. The molecule has 2 amide bonds. The topological polar surface area (TPSA) is 65.8 Å². The molecule has 0 bridgehead atoms. The molecule has 1 saturated heterocycles. The third-order valence-corrected chi connectivity index (χ3v) is 4.75. The molecule has 0 unspecified atom stereocenters. The predicted molar refractivity (Wildman–Crippen MR) is 100.0 cm³/mol. The van der Waals surface area contributed by atoms with Crippen LogP contribution >= 0.6 is 0 Å². The molecule has 1 N–H and O–H groups in total. The van der Waals surface area contributed by atoms with Crippen LogP contribution in [0.2, 0.25) is 0 Å². The summed E-state index contributed by atoms with van der Waals surface area (Å²) >= 11 is 0. The van der Waals surface area contributed by atoms with E-state index in [0.29, 0.717) is 31.9 Å². The molecular weight excluding hydrogens is 349 g/mol. The molecule has 7 heteroatoms. The minimum absolute atomic E-state index is 0.0685. The van der Waals surface area contributed by atoms with Gasteiger partial charge in [0.25, 0.3) is 5.91 Å². The molecule has 1 aliphatic rings. The number of para-hydroxylation sites is 1. The van der Waals surface area contributed by atoms with Gasteiger partial charge in [0.15, 0.2) is 5.76 Å². The summed E-state index contributed by atoms with van der Waals surface area (Å²) in [5, 5.41) is 2.77. The standard InChI is InChI=1S/C20H24FN3O3/c1-14(2)18(22-19(25)17-8-5-13-27-17)20(26)24-11-9-23(10-12-24)16-7-4-3-6-15(16)21/h3-8,13-14,18H,9-12H2,1-2H3,(H,22,25)/t18-/m1/s1. The molecule has 2 heterocycles. The Bertz CT molecular complexity index is 784. The maximum atomic E-state index is 14.0. The summed E-state index contributed by atoms with van der Waals surface area (Å²) in [6.07, 6.45) is 1.42. The number of hydrogen-bond acceptors (Lipinski definition) is 4. The van der Waals surface area contributed by atoms with E-state index in [4.69, 9.17) is 4.42 Å². The van der Waals surface area contributed by atoms with Crippen molar-refractivity contribution < 1.29 is 18.4 Å². The van der Waals surface area contributed by atoms with Gasteiger partial charge in [0, 0.05) is 26.2 Å². The lowest BCUT2D eigenvalue weighted by Crippen LogP contribution is -2.56. The van der Waals surface area contributed by atoms with Gasteiger partial charge in [0.2, 0.25) is 5.91 Å². The molecule has 1 aromatic carbocycles. The first-order valence-corrected chi connectivity index (χ1v) is 9.10. The number of piperazine rings is 1. The number of carbonyl (C=O) groups is 2. The smallest absolute Gasteiger partial charge is 0.287 e. The van der Waals surface area contributed by atoms with Crippen LogP contribution in [0.5, 0.6) is 0 Å². The predicted octanol–water partition coefficient (Wildman–Crippen LogP) is 2.52. The lowest BCUT2D eigenvalue weighted by Gasteiger charge is -2.38. The molecule has 0 aliphatic carbocycles. The Morgan fingerprint density at radius 2 is 1.78 bits per heavy atom. The fraction of sp³-hybridized carbons (Fsp3) is 0.400. The second-order valence-electron chi connectivity index (χ2n) is 6.94. The van der Waals surface area contributed by atoms with Gasteiger partial charge in [0.05, 0.1) is 12.0 Å². The molecular formula is C20H24FN3O3. The van der Waals surface area contributed by atoms with Crippen LogP contribution in [0.15, 0.2) is 47.1 Å². The van der Waals surface area contributed by atoms with Crippen molar-refractivity contribution in [3.8, 4) is 0 Å². The van der Waals surface area contributed by atoms with Gasteiger partial charge >= 0.3 is 0 Å². The number of nitrogens with one attached hydrogen (secondary N) is 1. The summed E-state index contributed by atoms with van der Waals surface area (Å²) in [6.45, 7) is 5.83. The average Bonchev–Trinajstić information content (AvgIpc) is 3.21. The maximum absolute atomic E-state index is 14.0. The van der Waals surface area contributed by atoms with Crippen molar-refractivity contribution in [2.75, 3.05) is 31.1 Å². The summed E-state index contributed by atoms with van der Waals surface area (Å²) in [5.41, 5.74) is 0.552. The first kappa shape index (κ1) is 18.9. The molecule has 1 fully saturated rings. The van der Waals surface area contributed by atoms with E-state index >= 15 is 0 Å². The van der Waals surface area contributed by atoms with Crippen LogP contribution in [0, 0.1) is 11.7 Å². The van der Waals surface area contributed by atoms with Crippen LogP contribution in [0.3, 0.4) is 0 Å². The number of carbonyl (C=O) groups excluding carboxylic acids is 2. The Morgan fingerprint density at radius 1 is 1.07 bits per heavy atom. The fourth-order valence-electron chi connectivity index (χ4n) is 3.21. The third kappa shape index (κ3) is 4.30. The van der Waals surface area contributed by atoms with E-state index in [9.17, 15) is 14.0 Å². The number of hydrogen-bond donors (Lipinski definition) is 1. The van der Waals surface area contributed by atoms with Crippen molar-refractivity contribution in [1.29, 1.82) is 0 Å². The van der Waals surface area contributed by atoms with Crippen LogP contribution in [-0.4, -0.2) is 48.9 Å². The highest BCUT2D eigenvalue weighted by Gasteiger charge is 2.31. The minimum atomic E-state index is -0.636. The van der Waals surface area contributed by atoms with Crippen molar-refractivity contribution in [1.82, 2.24) is 10.2 Å². The lowest BCUT2D eigenvalue weighted by molar-refractivity contribution is -0.134. The van der Waals surface area contributed by atoms with Crippen LogP contribution in [0.1, 0.15) is 24.4 Å². The highest BCUT2D eigenvalue weighted by molar-refractivity contribution is 5.95. The molecule has 0 spiro atoms. The quantitative estimate of drug-likeness (QED) is 0.875. The molecule has 0 saturated carbocycles. The largest absolute Gasteiger partial charge is 0.459 e. The Hall–Kier alpha value is -2.83. The van der Waals surface area contributed by atoms with Crippen molar-refractivity contribution in [2.24, 2.45) is 5.92 Å². The van der Waals surface area contributed by atoms with E-state index in [-0.39, 0.29) is 23.4 Å². The fourth-order valence-corrected chi connectivity index (χ4v) is 3.21. The molecule has 1 aromatic heterocycles. The number of furan rings is 1. The summed E-state index contributed by atoms with van der Waals surface area (Å²) in [7, 11) is 0. The Labute approximate surface area is 157 Å². The first-order valence-electron chi connectivity index (χ1n) is 9.10. The van der Waals surface area contributed by atoms with E-state index in [1.807, 2.05) is 18.7 Å². The van der Waals surface area contributed by atoms with Crippen LogP contribution in [0.4, 0.5) is 10.1 Å². The van der Waals surface area contributed by atoms with E-state index < -0.39 is 11.9 Å². The third-order valence-electron chi connectivity index (χ3n) is 4.75. The molecule has 1 atom stereocenters. The first-order chi connectivity index (χ1) is 13.0. The van der Waals surface area contributed by atoms with Gasteiger partial charge in [-0.2, -0.15) is 0 Å². The Balaban J connectivity index is 1.62. The van der Waals surface area contributed by atoms with Crippen molar-refractivity contribution >= 4 is 17.5 Å². The summed E-state index contributed by atoms with van der Waals surface area (Å²) in [5.74, 6) is -0.683. The van der Waals surface area contributed by atoms with Gasteiger partial charge in [-0.15, -0.1) is 0 Å². The Kier molecular flexibility index (Phi) is 5.78. The zero-order valence-electron chi connectivity index (χ0n) is 15.5. The van der Waals surface area contributed by atoms with Crippen molar-refractivity contribution in [3.05, 3.63) is 54.2 Å². The average molecular weight is 373 g/mol. The van der Waals surface area contributed by atoms with E-state index in [2.05, 4.69) is 5.32 Å². The van der Waals surface area contributed by atoms with Crippen LogP contribution in [0.25, 0.3) is 0 Å². The second-order valence-corrected chi connectivity index (χ2v) is 6.94. The molecule has 27 heavy (non-hydrogen) atoms. The lowest BCUT2D eigenvalue weighted by atomic mass is 10.0. The van der Waals surface area contributed by atoms with E-state index in [1.165, 1.54) is 12.3 Å². The number of amides is 2. The molecule has 3 rings (SSSR count). The van der Waals surface area contributed by atoms with Crippen LogP contribution < -0.4 is 10.2 Å². The SMILES string of the molecule is CC(C)[C@@H](NC(=O)c1ccco1)C(=O)N1CCN(c2ccccc2F)CC1. The summed E-state index contributed by atoms with van der Waals surface area (Å²) < 4.78 is 19.1. The van der Waals surface area contributed by atoms with Gasteiger partial charge in [-0.25, -0.2) is 4.39 Å². The van der Waals surface area contributed by atoms with Crippen LogP contribution in [-0.2, 0) is 4.79 Å². The van der Waals surface area contributed by atoms with Gasteiger partial charge in [-0.3, -0.25) is 9.59 Å². The summed E-state index contributed by atoms with van der Waals surface area (Å²) in [6, 6.07) is 9.19. The molecule has 6 nitrogen and oxygen atoms in total. The van der Waals surface area contributed by atoms with E-state index in [1.54, 1.807) is 35.2 Å². The molecule has 2 aromatic rings. The number of benzene rings is 1. The highest BCUT2D eigenvalue weighted by atomic mass is 19.1. The number of anilines is 1. The second kappa shape index (κ2) is 8.24. The van der Waals surface area contributed by atoms with Crippen molar-refractivity contribution in [3.63, 3.8) is 0 Å². The number of halogens is 1. The van der Waals surface area contributed by atoms with Gasteiger partial charge in [-0.05, 0) is 30.2 Å². The maximum Gasteiger partial charge on any atom is 0.287 e.